The average Bonchev–Trinajstić information content (AvgIpc) is 3.41. The summed E-state index contributed by atoms with van der Waals surface area (Å²) in [5.74, 6) is 0.293. The van der Waals surface area contributed by atoms with Gasteiger partial charge in [-0.25, -0.2) is 12.7 Å². The van der Waals surface area contributed by atoms with Gasteiger partial charge in [0.1, 0.15) is 0 Å². The van der Waals surface area contributed by atoms with Gasteiger partial charge in [-0.3, -0.25) is 4.79 Å². The minimum absolute atomic E-state index is 0.0452. The molecule has 0 bridgehead atoms. The number of hydrogen-bond acceptors (Lipinski definition) is 3. The first kappa shape index (κ1) is 17.7. The van der Waals surface area contributed by atoms with Crippen LogP contribution >= 0.6 is 11.6 Å². The van der Waals surface area contributed by atoms with Crippen molar-refractivity contribution < 1.29 is 13.2 Å². The number of nitrogens with zero attached hydrogens (tertiary/aromatic N) is 1. The Labute approximate surface area is 148 Å². The molecule has 1 N–H and O–H groups in total. The number of rotatable bonds is 6. The molecular weight excluding hydrogens is 348 g/mol. The van der Waals surface area contributed by atoms with Crippen LogP contribution in [0.25, 0.3) is 0 Å². The Morgan fingerprint density at radius 2 is 1.83 bits per heavy atom. The average molecular weight is 371 g/mol. The van der Waals surface area contributed by atoms with Gasteiger partial charge in [0.25, 0.3) is 0 Å². The van der Waals surface area contributed by atoms with E-state index < -0.39 is 10.0 Å². The lowest BCUT2D eigenvalue weighted by Gasteiger charge is -2.31. The smallest absolute Gasteiger partial charge is 0.224 e. The van der Waals surface area contributed by atoms with Crippen LogP contribution in [-0.4, -0.2) is 43.5 Å². The molecular formula is C17H23ClN2O3S. The number of hydrogen-bond donors (Lipinski definition) is 1. The fourth-order valence-electron chi connectivity index (χ4n) is 3.08. The zero-order chi connectivity index (χ0) is 17.2. The van der Waals surface area contributed by atoms with Crippen LogP contribution in [0.1, 0.15) is 31.2 Å². The van der Waals surface area contributed by atoms with E-state index in [1.165, 1.54) is 0 Å². The number of carbonyl (C=O) groups is 1. The standard InChI is InChI=1S/C17H23ClN2O3S/c18-16-4-2-1-3-14(16)11-17(21)19-12-13-7-9-20(10-8-13)24(22,23)15-5-6-15/h1-4,13,15H,5-12H2,(H,19,21). The maximum absolute atomic E-state index is 12.2. The van der Waals surface area contributed by atoms with Crippen molar-refractivity contribution in [2.75, 3.05) is 19.6 Å². The monoisotopic (exact) mass is 370 g/mol. The van der Waals surface area contributed by atoms with Crippen LogP contribution in [0.15, 0.2) is 24.3 Å². The van der Waals surface area contributed by atoms with Gasteiger partial charge in [-0.1, -0.05) is 29.8 Å². The normalized spacial score (nSPS) is 20.0. The van der Waals surface area contributed by atoms with Crippen LogP contribution in [-0.2, 0) is 21.2 Å². The van der Waals surface area contributed by atoms with Crippen molar-refractivity contribution in [3.05, 3.63) is 34.9 Å². The Morgan fingerprint density at radius 3 is 2.46 bits per heavy atom. The van der Waals surface area contributed by atoms with E-state index in [9.17, 15) is 13.2 Å². The summed E-state index contributed by atoms with van der Waals surface area (Å²) in [5, 5.41) is 3.42. The molecule has 3 rings (SSSR count). The first-order chi connectivity index (χ1) is 11.5. The van der Waals surface area contributed by atoms with Crippen LogP contribution < -0.4 is 5.32 Å². The third kappa shape index (κ3) is 4.29. The number of carbonyl (C=O) groups excluding carboxylic acids is 1. The number of piperidine rings is 1. The van der Waals surface area contributed by atoms with Gasteiger partial charge in [-0.15, -0.1) is 0 Å². The van der Waals surface area contributed by atoms with E-state index in [2.05, 4.69) is 5.32 Å². The van der Waals surface area contributed by atoms with E-state index in [0.29, 0.717) is 30.6 Å². The summed E-state index contributed by atoms with van der Waals surface area (Å²) < 4.78 is 26.0. The Balaban J connectivity index is 1.42. The lowest BCUT2D eigenvalue weighted by atomic mass is 9.98. The van der Waals surface area contributed by atoms with E-state index in [1.807, 2.05) is 18.2 Å². The van der Waals surface area contributed by atoms with Crippen molar-refractivity contribution in [2.24, 2.45) is 5.92 Å². The van der Waals surface area contributed by atoms with Crippen LogP contribution in [0.2, 0.25) is 5.02 Å². The lowest BCUT2D eigenvalue weighted by Crippen LogP contribution is -2.42. The molecule has 1 aromatic rings. The van der Waals surface area contributed by atoms with Crippen LogP contribution in [0.4, 0.5) is 0 Å². The molecule has 132 valence electrons. The van der Waals surface area contributed by atoms with Gasteiger partial charge in [-0.2, -0.15) is 0 Å². The molecule has 1 saturated carbocycles. The molecule has 1 aliphatic heterocycles. The quantitative estimate of drug-likeness (QED) is 0.834. The van der Waals surface area contributed by atoms with Crippen molar-refractivity contribution in [1.82, 2.24) is 9.62 Å². The lowest BCUT2D eigenvalue weighted by molar-refractivity contribution is -0.120. The summed E-state index contributed by atoms with van der Waals surface area (Å²) in [6.07, 6.45) is 3.49. The second-order valence-corrected chi connectivity index (χ2v) is 9.28. The minimum Gasteiger partial charge on any atom is -0.356 e. The molecule has 1 heterocycles. The number of amides is 1. The number of nitrogens with one attached hydrogen (secondary N) is 1. The zero-order valence-corrected chi connectivity index (χ0v) is 15.2. The fourth-order valence-corrected chi connectivity index (χ4v) is 5.16. The molecule has 0 atom stereocenters. The zero-order valence-electron chi connectivity index (χ0n) is 13.6. The summed E-state index contributed by atoms with van der Waals surface area (Å²) in [7, 11) is -3.06. The molecule has 0 aromatic heterocycles. The molecule has 2 fully saturated rings. The van der Waals surface area contributed by atoms with E-state index in [4.69, 9.17) is 11.6 Å². The second-order valence-electron chi connectivity index (χ2n) is 6.66. The Morgan fingerprint density at radius 1 is 1.17 bits per heavy atom. The summed E-state index contributed by atoms with van der Waals surface area (Å²) in [5.41, 5.74) is 0.821. The Bertz CT molecular complexity index is 696. The molecule has 2 aliphatic rings. The molecule has 1 aromatic carbocycles. The van der Waals surface area contributed by atoms with Crippen LogP contribution in [0.5, 0.6) is 0 Å². The third-order valence-corrected chi connectivity index (χ3v) is 7.54. The van der Waals surface area contributed by atoms with Gasteiger partial charge in [0.05, 0.1) is 11.7 Å². The first-order valence-electron chi connectivity index (χ1n) is 8.46. The summed E-state index contributed by atoms with van der Waals surface area (Å²) in [6.45, 7) is 1.74. The SMILES string of the molecule is O=C(Cc1ccccc1Cl)NCC1CCN(S(=O)(=O)C2CC2)CC1. The van der Waals surface area contributed by atoms with Gasteiger partial charge in [0.15, 0.2) is 0 Å². The Hall–Kier alpha value is -1.11. The van der Waals surface area contributed by atoms with Crippen LogP contribution in [0.3, 0.4) is 0 Å². The number of benzene rings is 1. The fraction of sp³-hybridized carbons (Fsp3) is 0.588. The topological polar surface area (TPSA) is 66.5 Å². The van der Waals surface area contributed by atoms with E-state index >= 15 is 0 Å². The molecule has 1 amide bonds. The molecule has 0 radical (unpaired) electrons. The minimum atomic E-state index is -3.06. The predicted molar refractivity (Wildman–Crippen MR) is 94.4 cm³/mol. The predicted octanol–water partition coefficient (Wildman–Crippen LogP) is 2.20. The highest BCUT2D eigenvalue weighted by atomic mass is 35.5. The van der Waals surface area contributed by atoms with E-state index in [1.54, 1.807) is 10.4 Å². The number of sulfonamides is 1. The first-order valence-corrected chi connectivity index (χ1v) is 10.3. The summed E-state index contributed by atoms with van der Waals surface area (Å²) in [4.78, 5) is 12.1. The Kier molecular flexibility index (Phi) is 5.47. The van der Waals surface area contributed by atoms with Crippen LogP contribution in [0, 0.1) is 5.92 Å². The van der Waals surface area contributed by atoms with E-state index in [0.717, 1.165) is 31.2 Å². The van der Waals surface area contributed by atoms with Gasteiger partial charge < -0.3 is 5.32 Å². The molecule has 0 spiro atoms. The molecule has 1 aliphatic carbocycles. The molecule has 24 heavy (non-hydrogen) atoms. The van der Waals surface area contributed by atoms with Crippen molar-refractivity contribution in [3.8, 4) is 0 Å². The molecule has 5 nitrogen and oxygen atoms in total. The highest BCUT2D eigenvalue weighted by molar-refractivity contribution is 7.90. The molecule has 7 heteroatoms. The molecule has 0 unspecified atom stereocenters. The van der Waals surface area contributed by atoms with Gasteiger partial charge in [-0.05, 0) is 43.2 Å². The van der Waals surface area contributed by atoms with Crippen molar-refractivity contribution in [3.63, 3.8) is 0 Å². The van der Waals surface area contributed by atoms with Crippen molar-refractivity contribution in [1.29, 1.82) is 0 Å². The molecule has 1 saturated heterocycles. The van der Waals surface area contributed by atoms with Gasteiger partial charge in [0.2, 0.25) is 15.9 Å². The summed E-state index contributed by atoms with van der Waals surface area (Å²) in [6, 6.07) is 7.33. The second kappa shape index (κ2) is 7.42. The third-order valence-electron chi connectivity index (χ3n) is 4.78. The largest absolute Gasteiger partial charge is 0.356 e. The van der Waals surface area contributed by atoms with Gasteiger partial charge in [0, 0.05) is 24.7 Å². The maximum Gasteiger partial charge on any atom is 0.224 e. The number of halogens is 1. The highest BCUT2D eigenvalue weighted by Gasteiger charge is 2.41. The van der Waals surface area contributed by atoms with Gasteiger partial charge >= 0.3 is 0 Å². The summed E-state index contributed by atoms with van der Waals surface area (Å²) >= 11 is 6.06. The van der Waals surface area contributed by atoms with Crippen molar-refractivity contribution >= 4 is 27.5 Å². The van der Waals surface area contributed by atoms with E-state index in [-0.39, 0.29) is 17.6 Å². The highest BCUT2D eigenvalue weighted by Crippen LogP contribution is 2.33. The van der Waals surface area contributed by atoms with Crippen molar-refractivity contribution in [2.45, 2.75) is 37.4 Å². The maximum atomic E-state index is 12.2.